The van der Waals surface area contributed by atoms with E-state index in [1.165, 1.54) is 30.3 Å². The molecule has 2 rings (SSSR count). The molecule has 5 nitrogen and oxygen atoms in total. The molecular weight excluding hydrogens is 411 g/mol. The second-order valence-electron chi connectivity index (χ2n) is 6.99. The lowest BCUT2D eigenvalue weighted by Crippen LogP contribution is -2.23. The number of alkyl halides is 3. The van der Waals surface area contributed by atoms with Crippen LogP contribution in [0.15, 0.2) is 60.2 Å². The smallest absolute Gasteiger partial charge is 0.478 e. The van der Waals surface area contributed by atoms with Gasteiger partial charge in [-0.2, -0.15) is 0 Å². The largest absolute Gasteiger partial charge is 0.573 e. The highest BCUT2D eigenvalue weighted by Gasteiger charge is 2.30. The first-order chi connectivity index (χ1) is 14.5. The molecule has 0 aliphatic rings. The molecule has 0 aromatic heterocycles. The lowest BCUT2D eigenvalue weighted by molar-refractivity contribution is -0.274. The monoisotopic (exact) mass is 433 g/mol. The highest BCUT2D eigenvalue weighted by atomic mass is 19.4. The average molecular weight is 433 g/mol. The number of allylic oxidation sites excluding steroid dienone is 2. The minimum Gasteiger partial charge on any atom is -0.478 e. The van der Waals surface area contributed by atoms with Crippen molar-refractivity contribution in [1.29, 1.82) is 0 Å². The van der Waals surface area contributed by atoms with Crippen LogP contribution in [0.1, 0.15) is 40.9 Å². The molecule has 0 bridgehead atoms. The minimum atomic E-state index is -4.76. The fourth-order valence-corrected chi connectivity index (χ4v) is 2.65. The van der Waals surface area contributed by atoms with Crippen molar-refractivity contribution in [3.8, 4) is 5.75 Å². The zero-order valence-electron chi connectivity index (χ0n) is 17.0. The van der Waals surface area contributed by atoms with Crippen LogP contribution in [-0.4, -0.2) is 23.3 Å². The molecule has 2 aromatic rings. The van der Waals surface area contributed by atoms with Gasteiger partial charge in [-0.05, 0) is 67.3 Å². The molecule has 0 fully saturated rings. The molecule has 2 N–H and O–H groups in total. The summed E-state index contributed by atoms with van der Waals surface area (Å²) in [5.41, 5.74) is 3.46. The van der Waals surface area contributed by atoms with Gasteiger partial charge < -0.3 is 15.2 Å². The normalized spacial score (nSPS) is 11.3. The van der Waals surface area contributed by atoms with Crippen LogP contribution in [0.3, 0.4) is 0 Å². The number of amides is 1. The third kappa shape index (κ3) is 8.77. The second-order valence-corrected chi connectivity index (χ2v) is 6.99. The first kappa shape index (κ1) is 23.7. The maximum absolute atomic E-state index is 12.6. The summed E-state index contributed by atoms with van der Waals surface area (Å²) < 4.78 is 40.5. The molecule has 0 aliphatic carbocycles. The topological polar surface area (TPSA) is 75.6 Å². The maximum Gasteiger partial charge on any atom is 0.573 e. The molecule has 2 aromatic carbocycles. The average Bonchev–Trinajstić information content (AvgIpc) is 2.68. The lowest BCUT2D eigenvalue weighted by Gasteiger charge is -2.11. The Balaban J connectivity index is 2.13. The van der Waals surface area contributed by atoms with Crippen molar-refractivity contribution in [1.82, 2.24) is 5.32 Å². The lowest BCUT2D eigenvalue weighted by atomic mass is 10.0. The van der Waals surface area contributed by atoms with Gasteiger partial charge in [0.05, 0.1) is 0 Å². The summed E-state index contributed by atoms with van der Waals surface area (Å²) in [6, 6.07) is 10.3. The number of carbonyl (C=O) groups is 2. The van der Waals surface area contributed by atoms with Crippen LogP contribution in [0.25, 0.3) is 6.08 Å². The molecule has 0 radical (unpaired) electrons. The Morgan fingerprint density at radius 1 is 1.06 bits per heavy atom. The number of nitrogens with one attached hydrogen (secondary N) is 1. The molecule has 0 heterocycles. The first-order valence-corrected chi connectivity index (χ1v) is 9.33. The summed E-state index contributed by atoms with van der Waals surface area (Å²) in [5.74, 6) is -1.83. The predicted octanol–water partition coefficient (Wildman–Crippen LogP) is 5.12. The predicted molar refractivity (Wildman–Crippen MR) is 111 cm³/mol. The van der Waals surface area contributed by atoms with Crippen LogP contribution in [0, 0.1) is 0 Å². The number of halogens is 3. The van der Waals surface area contributed by atoms with E-state index < -0.39 is 12.3 Å². The maximum atomic E-state index is 12.6. The Morgan fingerprint density at radius 3 is 2.32 bits per heavy atom. The number of aliphatic carboxylic acids is 1. The molecule has 0 saturated heterocycles. The molecule has 0 spiro atoms. The van der Waals surface area contributed by atoms with E-state index in [-0.39, 0.29) is 18.2 Å². The van der Waals surface area contributed by atoms with Crippen LogP contribution in [-0.2, 0) is 17.8 Å². The van der Waals surface area contributed by atoms with Crippen LogP contribution >= 0.6 is 0 Å². The molecule has 0 atom stereocenters. The fourth-order valence-electron chi connectivity index (χ4n) is 2.65. The Hall–Kier alpha value is -3.55. The third-order valence-corrected chi connectivity index (χ3v) is 4.05. The molecule has 0 unspecified atom stereocenters. The van der Waals surface area contributed by atoms with Gasteiger partial charge in [0.1, 0.15) is 5.75 Å². The van der Waals surface area contributed by atoms with Gasteiger partial charge in [-0.25, -0.2) is 4.79 Å². The van der Waals surface area contributed by atoms with E-state index in [2.05, 4.69) is 10.1 Å². The van der Waals surface area contributed by atoms with Crippen LogP contribution < -0.4 is 10.1 Å². The van der Waals surface area contributed by atoms with Crippen molar-refractivity contribution in [2.24, 2.45) is 0 Å². The zero-order valence-corrected chi connectivity index (χ0v) is 17.0. The van der Waals surface area contributed by atoms with Crippen molar-refractivity contribution < 1.29 is 32.6 Å². The second kappa shape index (κ2) is 10.5. The summed E-state index contributed by atoms with van der Waals surface area (Å²) >= 11 is 0. The van der Waals surface area contributed by atoms with Crippen molar-refractivity contribution in [3.05, 3.63) is 82.4 Å². The van der Waals surface area contributed by atoms with Crippen LogP contribution in [0.4, 0.5) is 13.2 Å². The number of benzene rings is 2. The number of carbonyl (C=O) groups excluding carboxylic acids is 1. The van der Waals surface area contributed by atoms with Gasteiger partial charge in [0.25, 0.3) is 5.91 Å². The molecule has 31 heavy (non-hydrogen) atoms. The molecule has 1 amide bonds. The van der Waals surface area contributed by atoms with E-state index in [1.807, 2.05) is 19.9 Å². The van der Waals surface area contributed by atoms with Crippen molar-refractivity contribution in [3.63, 3.8) is 0 Å². The number of carboxylic acids is 1. The highest BCUT2D eigenvalue weighted by molar-refractivity contribution is 5.95. The molecule has 0 aliphatic heterocycles. The summed E-state index contributed by atoms with van der Waals surface area (Å²) in [4.78, 5) is 23.4. The van der Waals surface area contributed by atoms with Gasteiger partial charge in [-0.3, -0.25) is 4.79 Å². The van der Waals surface area contributed by atoms with E-state index in [0.717, 1.165) is 17.2 Å². The zero-order chi connectivity index (χ0) is 23.0. The van der Waals surface area contributed by atoms with Gasteiger partial charge in [0.15, 0.2) is 0 Å². The standard InChI is InChI=1S/C23H22F3NO4/c1-15(2)3-4-17-11-18(7-10-21(28)29)13-19(12-17)22(30)27-14-16-5-8-20(9-6-16)31-23(24,25)26/h3,5-13H,4,14H2,1-2H3,(H,27,30)(H,28,29)/b10-7+. The summed E-state index contributed by atoms with van der Waals surface area (Å²) in [5, 5.41) is 11.6. The van der Waals surface area contributed by atoms with Crippen LogP contribution in [0.5, 0.6) is 5.75 Å². The van der Waals surface area contributed by atoms with E-state index in [1.54, 1.807) is 18.2 Å². The van der Waals surface area contributed by atoms with E-state index in [0.29, 0.717) is 23.1 Å². The molecule has 164 valence electrons. The number of hydrogen-bond donors (Lipinski definition) is 2. The number of rotatable bonds is 8. The quantitative estimate of drug-likeness (QED) is 0.448. The Labute approximate surface area is 177 Å². The van der Waals surface area contributed by atoms with Gasteiger partial charge in [0.2, 0.25) is 0 Å². The van der Waals surface area contributed by atoms with E-state index >= 15 is 0 Å². The van der Waals surface area contributed by atoms with Gasteiger partial charge >= 0.3 is 12.3 Å². The summed E-state index contributed by atoms with van der Waals surface area (Å²) in [6.07, 6.45) is 0.208. The van der Waals surface area contributed by atoms with Crippen molar-refractivity contribution in [2.75, 3.05) is 0 Å². The highest BCUT2D eigenvalue weighted by Crippen LogP contribution is 2.22. The van der Waals surface area contributed by atoms with E-state index in [9.17, 15) is 22.8 Å². The molecular formula is C23H22F3NO4. The number of carboxylic acid groups (broad SMARTS) is 1. The molecule has 8 heteroatoms. The third-order valence-electron chi connectivity index (χ3n) is 4.05. The summed E-state index contributed by atoms with van der Waals surface area (Å²) in [6.45, 7) is 4.00. The van der Waals surface area contributed by atoms with Gasteiger partial charge in [-0.1, -0.05) is 29.8 Å². The minimum absolute atomic E-state index is 0.101. The van der Waals surface area contributed by atoms with Crippen molar-refractivity contribution in [2.45, 2.75) is 33.2 Å². The fraction of sp³-hybridized carbons (Fsp3) is 0.217. The Kier molecular flexibility index (Phi) is 8.01. The Morgan fingerprint density at radius 2 is 1.74 bits per heavy atom. The number of ether oxygens (including phenoxy) is 1. The van der Waals surface area contributed by atoms with Crippen molar-refractivity contribution >= 4 is 18.0 Å². The van der Waals surface area contributed by atoms with Gasteiger partial charge in [-0.15, -0.1) is 13.2 Å². The Bertz CT molecular complexity index is 989. The summed E-state index contributed by atoms with van der Waals surface area (Å²) in [7, 11) is 0. The number of hydrogen-bond acceptors (Lipinski definition) is 3. The van der Waals surface area contributed by atoms with E-state index in [4.69, 9.17) is 5.11 Å². The van der Waals surface area contributed by atoms with Gasteiger partial charge in [0, 0.05) is 18.2 Å². The first-order valence-electron chi connectivity index (χ1n) is 9.33. The van der Waals surface area contributed by atoms with Crippen LogP contribution in [0.2, 0.25) is 0 Å². The SMILES string of the molecule is CC(C)=CCc1cc(/C=C/C(=O)O)cc(C(=O)NCc2ccc(OC(F)(F)F)cc2)c1. The molecule has 0 saturated carbocycles.